The van der Waals surface area contributed by atoms with Gasteiger partial charge in [-0.2, -0.15) is 0 Å². The molecule has 0 spiro atoms. The Morgan fingerprint density at radius 2 is 2.50 bits per heavy atom. The van der Waals surface area contributed by atoms with E-state index >= 15 is 0 Å². The molecule has 0 aromatic carbocycles. The molecule has 6 nitrogen and oxygen atoms in total. The summed E-state index contributed by atoms with van der Waals surface area (Å²) in [4.78, 5) is 7.66. The Labute approximate surface area is 109 Å². The predicted octanol–water partition coefficient (Wildman–Crippen LogP) is 1.35. The fourth-order valence-electron chi connectivity index (χ4n) is 1.76. The number of hydrogen-bond acceptors (Lipinski definition) is 5. The molecular formula is C11H17N5OS. The summed E-state index contributed by atoms with van der Waals surface area (Å²) in [5.74, 6) is 0.250. The lowest BCUT2D eigenvalue weighted by Crippen LogP contribution is -2.32. The van der Waals surface area contributed by atoms with Gasteiger partial charge in [-0.05, 0) is 14.0 Å². The molecule has 2 aromatic rings. The van der Waals surface area contributed by atoms with Gasteiger partial charge in [0.05, 0.1) is 5.69 Å². The number of nitrogens with zero attached hydrogens (tertiary/aromatic N) is 4. The van der Waals surface area contributed by atoms with Crippen LogP contribution in [0.25, 0.3) is 4.96 Å². The molecule has 0 aliphatic carbocycles. The van der Waals surface area contributed by atoms with Gasteiger partial charge >= 0.3 is 0 Å². The Kier molecular flexibility index (Phi) is 3.83. The average molecular weight is 267 g/mol. The Hall–Kier alpha value is -1.60. The highest BCUT2D eigenvalue weighted by molar-refractivity contribution is 7.15. The lowest BCUT2D eigenvalue weighted by molar-refractivity contribution is 0.248. The van der Waals surface area contributed by atoms with Crippen LogP contribution in [0.3, 0.4) is 0 Å². The minimum atomic E-state index is 0.195. The second-order valence-corrected chi connectivity index (χ2v) is 5.26. The molecule has 7 heteroatoms. The highest BCUT2D eigenvalue weighted by Crippen LogP contribution is 2.13. The number of aromatic nitrogens is 2. The highest BCUT2D eigenvalue weighted by atomic mass is 32.1. The van der Waals surface area contributed by atoms with Crippen LogP contribution in [0.5, 0.6) is 0 Å². The first kappa shape index (κ1) is 12.8. The summed E-state index contributed by atoms with van der Waals surface area (Å²) < 4.78 is 2.02. The fourth-order valence-corrected chi connectivity index (χ4v) is 2.48. The van der Waals surface area contributed by atoms with Gasteiger partial charge in [-0.25, -0.2) is 4.98 Å². The molecule has 2 heterocycles. The first-order chi connectivity index (χ1) is 8.60. The van der Waals surface area contributed by atoms with Gasteiger partial charge in [-0.1, -0.05) is 5.16 Å². The van der Waals surface area contributed by atoms with Crippen molar-refractivity contribution in [2.75, 3.05) is 7.05 Å². The van der Waals surface area contributed by atoms with E-state index in [2.05, 4.69) is 15.0 Å². The lowest BCUT2D eigenvalue weighted by atomic mass is 10.2. The third kappa shape index (κ3) is 2.80. The molecule has 1 atom stereocenters. The van der Waals surface area contributed by atoms with E-state index in [4.69, 9.17) is 10.9 Å². The number of imidazole rings is 1. The number of hydrogen-bond donors (Lipinski definition) is 2. The monoisotopic (exact) mass is 267 g/mol. The second-order valence-electron chi connectivity index (χ2n) is 4.38. The number of oxime groups is 1. The minimum Gasteiger partial charge on any atom is -0.409 e. The summed E-state index contributed by atoms with van der Waals surface area (Å²) in [6.45, 7) is 2.78. The highest BCUT2D eigenvalue weighted by Gasteiger charge is 2.13. The van der Waals surface area contributed by atoms with Crippen LogP contribution in [0.15, 0.2) is 22.9 Å². The minimum absolute atomic E-state index is 0.195. The van der Waals surface area contributed by atoms with Gasteiger partial charge in [0.2, 0.25) is 0 Å². The predicted molar refractivity (Wildman–Crippen MR) is 72.0 cm³/mol. The standard InChI is InChI=1S/C11H17N5OS/c1-8(5-10(12)14-17)15(2)6-9-7-16-3-4-18-11(16)13-9/h3-4,7-8,17H,5-6H2,1-2H3,(H2,12,14). The first-order valence-electron chi connectivity index (χ1n) is 5.68. The average Bonchev–Trinajstić information content (AvgIpc) is 2.89. The number of amidine groups is 1. The Morgan fingerprint density at radius 1 is 1.72 bits per heavy atom. The van der Waals surface area contributed by atoms with E-state index in [9.17, 15) is 0 Å². The molecule has 18 heavy (non-hydrogen) atoms. The summed E-state index contributed by atoms with van der Waals surface area (Å²) >= 11 is 1.62. The molecule has 3 N–H and O–H groups in total. The Bertz CT molecular complexity index is 518. The van der Waals surface area contributed by atoms with E-state index in [1.165, 1.54) is 0 Å². The van der Waals surface area contributed by atoms with Crippen LogP contribution >= 0.6 is 11.3 Å². The third-order valence-corrected chi connectivity index (χ3v) is 3.71. The topological polar surface area (TPSA) is 79.2 Å². The van der Waals surface area contributed by atoms with Crippen LogP contribution in [0.2, 0.25) is 0 Å². The van der Waals surface area contributed by atoms with E-state index in [-0.39, 0.29) is 11.9 Å². The molecule has 0 aliphatic heterocycles. The number of nitrogens with two attached hydrogens (primary N) is 1. The molecule has 0 saturated carbocycles. The number of fused-ring (bicyclic) bond motifs is 1. The van der Waals surface area contributed by atoms with E-state index < -0.39 is 0 Å². The maximum absolute atomic E-state index is 8.55. The summed E-state index contributed by atoms with van der Waals surface area (Å²) in [6, 6.07) is 0.195. The van der Waals surface area contributed by atoms with E-state index in [1.807, 2.05) is 36.1 Å². The van der Waals surface area contributed by atoms with Crippen LogP contribution in [0.1, 0.15) is 19.0 Å². The van der Waals surface area contributed by atoms with Crippen LogP contribution in [-0.4, -0.2) is 38.4 Å². The van der Waals surface area contributed by atoms with Gasteiger partial charge in [0.1, 0.15) is 5.84 Å². The summed E-state index contributed by atoms with van der Waals surface area (Å²) in [6.07, 6.45) is 4.56. The first-order valence-corrected chi connectivity index (χ1v) is 6.56. The quantitative estimate of drug-likeness (QED) is 0.371. The van der Waals surface area contributed by atoms with Crippen LogP contribution in [0, 0.1) is 0 Å². The van der Waals surface area contributed by atoms with Gasteiger partial charge in [0, 0.05) is 36.8 Å². The molecule has 0 amide bonds. The lowest BCUT2D eigenvalue weighted by Gasteiger charge is -2.23. The number of thiazole rings is 1. The van der Waals surface area contributed by atoms with Crippen LogP contribution in [0.4, 0.5) is 0 Å². The van der Waals surface area contributed by atoms with Crippen molar-refractivity contribution in [3.8, 4) is 0 Å². The van der Waals surface area contributed by atoms with Gasteiger partial charge in [-0.15, -0.1) is 11.3 Å². The molecule has 2 rings (SSSR count). The maximum Gasteiger partial charge on any atom is 0.193 e. The fraction of sp³-hybridized carbons (Fsp3) is 0.455. The van der Waals surface area contributed by atoms with Gasteiger partial charge in [0.25, 0.3) is 0 Å². The Morgan fingerprint density at radius 3 is 3.17 bits per heavy atom. The van der Waals surface area contributed by atoms with Crippen molar-refractivity contribution in [1.82, 2.24) is 14.3 Å². The van der Waals surface area contributed by atoms with E-state index in [0.717, 1.165) is 17.2 Å². The summed E-state index contributed by atoms with van der Waals surface area (Å²) in [7, 11) is 2.00. The van der Waals surface area contributed by atoms with Gasteiger partial charge in [-0.3, -0.25) is 9.30 Å². The van der Waals surface area contributed by atoms with E-state index in [0.29, 0.717) is 6.42 Å². The molecule has 98 valence electrons. The van der Waals surface area contributed by atoms with Crippen molar-refractivity contribution in [2.45, 2.75) is 25.9 Å². The third-order valence-electron chi connectivity index (χ3n) is 2.94. The molecule has 0 saturated heterocycles. The molecule has 0 bridgehead atoms. The normalized spacial score (nSPS) is 14.5. The summed E-state index contributed by atoms with van der Waals surface area (Å²) in [5, 5.41) is 13.6. The zero-order chi connectivity index (χ0) is 13.1. The molecular weight excluding hydrogens is 250 g/mol. The number of rotatable bonds is 5. The van der Waals surface area contributed by atoms with Crippen LogP contribution < -0.4 is 5.73 Å². The second kappa shape index (κ2) is 5.36. The molecule has 0 aliphatic rings. The van der Waals surface area contributed by atoms with Gasteiger partial charge in [0.15, 0.2) is 4.96 Å². The van der Waals surface area contributed by atoms with Gasteiger partial charge < -0.3 is 10.9 Å². The van der Waals surface area contributed by atoms with Crippen LogP contribution in [-0.2, 0) is 6.54 Å². The van der Waals surface area contributed by atoms with Crippen molar-refractivity contribution < 1.29 is 5.21 Å². The Balaban J connectivity index is 1.98. The molecule has 2 aromatic heterocycles. The van der Waals surface area contributed by atoms with Crippen molar-refractivity contribution >= 4 is 22.1 Å². The van der Waals surface area contributed by atoms with E-state index in [1.54, 1.807) is 11.3 Å². The SMILES string of the molecule is CC(C/C(N)=N/O)N(C)Cc1cn2ccsc2n1. The van der Waals surface area contributed by atoms with Crippen molar-refractivity contribution in [2.24, 2.45) is 10.9 Å². The molecule has 0 radical (unpaired) electrons. The van der Waals surface area contributed by atoms with Crippen molar-refractivity contribution in [1.29, 1.82) is 0 Å². The summed E-state index contributed by atoms with van der Waals surface area (Å²) in [5.41, 5.74) is 6.53. The maximum atomic E-state index is 8.55. The zero-order valence-electron chi connectivity index (χ0n) is 10.4. The molecule has 1 unspecified atom stereocenters. The smallest absolute Gasteiger partial charge is 0.193 e. The molecule has 0 fully saturated rings. The largest absolute Gasteiger partial charge is 0.409 e. The van der Waals surface area contributed by atoms with Crippen molar-refractivity contribution in [3.05, 3.63) is 23.5 Å². The zero-order valence-corrected chi connectivity index (χ0v) is 11.3. The van der Waals surface area contributed by atoms with Crippen molar-refractivity contribution in [3.63, 3.8) is 0 Å².